The van der Waals surface area contributed by atoms with Gasteiger partial charge in [-0.2, -0.15) is 0 Å². The molecular formula is C28H32N4O5S. The summed E-state index contributed by atoms with van der Waals surface area (Å²) in [6, 6.07) is 13.7. The molecule has 1 aliphatic heterocycles. The molecule has 2 aromatic carbocycles. The number of rotatable bonds is 11. The van der Waals surface area contributed by atoms with Crippen LogP contribution in [-0.4, -0.2) is 65.6 Å². The predicted molar refractivity (Wildman–Crippen MR) is 148 cm³/mol. The molecule has 0 bridgehead atoms. The Hall–Kier alpha value is -3.66. The highest BCUT2D eigenvalue weighted by molar-refractivity contribution is 8.00. The maximum Gasteiger partial charge on any atom is 0.302 e. The monoisotopic (exact) mass is 536 g/mol. The molecule has 0 aromatic heterocycles. The summed E-state index contributed by atoms with van der Waals surface area (Å²) in [5.74, 6) is 0.0223. The Morgan fingerprint density at radius 2 is 1.89 bits per heavy atom. The number of anilines is 1. The largest absolute Gasteiger partial charge is 0.465 e. The minimum absolute atomic E-state index is 0.00650. The molecule has 3 amide bonds. The van der Waals surface area contributed by atoms with Gasteiger partial charge in [-0.05, 0) is 46.6 Å². The van der Waals surface area contributed by atoms with Crippen LogP contribution in [0.25, 0.3) is 11.1 Å². The Morgan fingerprint density at radius 3 is 2.66 bits per heavy atom. The lowest BCUT2D eigenvalue weighted by molar-refractivity contribution is -0.141. The average Bonchev–Trinajstić information content (AvgIpc) is 3.36. The molecular weight excluding hydrogens is 504 g/mol. The minimum atomic E-state index is -0.419. The molecule has 0 saturated carbocycles. The molecule has 38 heavy (non-hydrogen) atoms. The van der Waals surface area contributed by atoms with E-state index in [2.05, 4.69) is 10.3 Å². The van der Waals surface area contributed by atoms with E-state index in [4.69, 9.17) is 10.5 Å². The van der Waals surface area contributed by atoms with Gasteiger partial charge in [0.1, 0.15) is 6.61 Å². The number of amidine groups is 1. The third-order valence-corrected chi connectivity index (χ3v) is 8.03. The fourth-order valence-electron chi connectivity index (χ4n) is 4.81. The van der Waals surface area contributed by atoms with Gasteiger partial charge in [-0.15, -0.1) is 11.8 Å². The number of imide groups is 1. The van der Waals surface area contributed by atoms with E-state index in [1.807, 2.05) is 42.5 Å². The van der Waals surface area contributed by atoms with Gasteiger partial charge >= 0.3 is 5.97 Å². The van der Waals surface area contributed by atoms with E-state index in [1.54, 1.807) is 7.05 Å². The lowest BCUT2D eigenvalue weighted by Gasteiger charge is -2.16. The van der Waals surface area contributed by atoms with E-state index in [0.717, 1.165) is 28.7 Å². The summed E-state index contributed by atoms with van der Waals surface area (Å²) in [6.07, 6.45) is 1.59. The van der Waals surface area contributed by atoms with Crippen molar-refractivity contribution < 1.29 is 23.9 Å². The molecule has 2 aromatic rings. The number of likely N-dealkylation sites (tertiary alicyclic amines) is 1. The lowest BCUT2D eigenvalue weighted by atomic mass is 9.97. The summed E-state index contributed by atoms with van der Waals surface area (Å²) in [5, 5.41) is 2.46. The molecule has 2 aliphatic rings. The van der Waals surface area contributed by atoms with Crippen molar-refractivity contribution >= 4 is 47.0 Å². The van der Waals surface area contributed by atoms with Gasteiger partial charge in [0.15, 0.2) is 0 Å². The summed E-state index contributed by atoms with van der Waals surface area (Å²) in [7, 11) is 1.64. The maximum absolute atomic E-state index is 12.7. The van der Waals surface area contributed by atoms with Crippen LogP contribution in [0.1, 0.15) is 49.7 Å². The first-order valence-electron chi connectivity index (χ1n) is 12.6. The average molecular weight is 537 g/mol. The van der Waals surface area contributed by atoms with Crippen LogP contribution >= 0.6 is 11.8 Å². The Kier molecular flexibility index (Phi) is 8.83. The SMILES string of the molecule is CN=C(N)CCCSC1CC(=O)N(CCC(=O)Nc2ccc3c(c2)C(COC(C)=O)c2ccccc2-3)C1=O. The summed E-state index contributed by atoms with van der Waals surface area (Å²) >= 11 is 1.45. The van der Waals surface area contributed by atoms with Crippen molar-refractivity contribution in [2.45, 2.75) is 43.8 Å². The number of nitrogens with zero attached hydrogens (tertiary/aromatic N) is 2. The number of hydrogen-bond donors (Lipinski definition) is 2. The first kappa shape index (κ1) is 27.4. The Balaban J connectivity index is 1.33. The minimum Gasteiger partial charge on any atom is -0.465 e. The standard InChI is InChI=1S/C28H32N4O5S/c1-17(33)37-16-23-20-7-4-3-6-19(20)21-10-9-18(14-22(21)23)31-26(34)11-12-32-27(35)15-24(28(32)36)38-13-5-8-25(29)30-2/h3-4,6-7,9-10,14,23-24H,5,8,11-13,15-16H2,1-2H3,(H2,29,30)(H,31,34). The second kappa shape index (κ2) is 12.3. The summed E-state index contributed by atoms with van der Waals surface area (Å²) in [4.78, 5) is 54.4. The van der Waals surface area contributed by atoms with Gasteiger partial charge < -0.3 is 15.8 Å². The Labute approximate surface area is 226 Å². The highest BCUT2D eigenvalue weighted by Gasteiger charge is 2.38. The van der Waals surface area contributed by atoms with Gasteiger partial charge in [-0.3, -0.25) is 29.1 Å². The summed E-state index contributed by atoms with van der Waals surface area (Å²) in [6.45, 7) is 1.64. The second-order valence-corrected chi connectivity index (χ2v) is 10.6. The molecule has 4 rings (SSSR count). The number of benzene rings is 2. The van der Waals surface area contributed by atoms with Crippen LogP contribution < -0.4 is 11.1 Å². The number of aliphatic imine (C=N–C) groups is 1. The van der Waals surface area contributed by atoms with Gasteiger partial charge in [-0.1, -0.05) is 30.3 Å². The number of nitrogens with two attached hydrogens (primary N) is 1. The number of carbonyl (C=O) groups is 4. The number of carbonyl (C=O) groups excluding carboxylic acids is 4. The van der Waals surface area contributed by atoms with E-state index in [0.29, 0.717) is 23.7 Å². The predicted octanol–water partition coefficient (Wildman–Crippen LogP) is 3.32. The zero-order valence-electron chi connectivity index (χ0n) is 21.6. The number of fused-ring (bicyclic) bond motifs is 3. The van der Waals surface area contributed by atoms with Crippen molar-refractivity contribution in [3.63, 3.8) is 0 Å². The first-order valence-corrected chi connectivity index (χ1v) is 13.7. The molecule has 2 atom stereocenters. The molecule has 0 spiro atoms. The normalized spacial score (nSPS) is 18.4. The number of ether oxygens (including phenoxy) is 1. The molecule has 1 aliphatic carbocycles. The van der Waals surface area contributed by atoms with Crippen molar-refractivity contribution in [2.75, 3.05) is 31.3 Å². The number of thioether (sulfide) groups is 1. The molecule has 9 nitrogen and oxygen atoms in total. The smallest absolute Gasteiger partial charge is 0.302 e. The van der Waals surface area contributed by atoms with Gasteiger partial charge in [0, 0.05) is 51.4 Å². The quantitative estimate of drug-likeness (QED) is 0.148. The van der Waals surface area contributed by atoms with E-state index in [1.165, 1.54) is 23.6 Å². The van der Waals surface area contributed by atoms with Crippen LogP contribution in [0.3, 0.4) is 0 Å². The number of esters is 1. The molecule has 200 valence electrons. The summed E-state index contributed by atoms with van der Waals surface area (Å²) in [5.41, 5.74) is 10.5. The van der Waals surface area contributed by atoms with Crippen LogP contribution in [0, 0.1) is 0 Å². The lowest BCUT2D eigenvalue weighted by Crippen LogP contribution is -2.34. The topological polar surface area (TPSA) is 131 Å². The van der Waals surface area contributed by atoms with Crippen molar-refractivity contribution in [3.05, 3.63) is 53.6 Å². The van der Waals surface area contributed by atoms with Crippen LogP contribution in [-0.2, 0) is 23.9 Å². The zero-order chi connectivity index (χ0) is 27.2. The second-order valence-electron chi connectivity index (χ2n) is 9.31. The number of hydrogen-bond acceptors (Lipinski definition) is 7. The van der Waals surface area contributed by atoms with Crippen molar-refractivity contribution in [1.82, 2.24) is 4.90 Å². The van der Waals surface area contributed by atoms with Crippen LogP contribution in [0.2, 0.25) is 0 Å². The highest BCUT2D eigenvalue weighted by Crippen LogP contribution is 2.45. The third kappa shape index (κ3) is 6.24. The van der Waals surface area contributed by atoms with Crippen molar-refractivity contribution in [1.29, 1.82) is 0 Å². The van der Waals surface area contributed by atoms with Crippen LogP contribution in [0.4, 0.5) is 5.69 Å². The number of nitrogens with one attached hydrogen (secondary N) is 1. The van der Waals surface area contributed by atoms with Crippen molar-refractivity contribution in [2.24, 2.45) is 10.7 Å². The molecule has 2 unspecified atom stereocenters. The van der Waals surface area contributed by atoms with E-state index in [-0.39, 0.29) is 55.6 Å². The fraction of sp³-hybridized carbons (Fsp3) is 0.393. The molecule has 1 fully saturated rings. The van der Waals surface area contributed by atoms with Gasteiger partial charge in [0.05, 0.1) is 11.1 Å². The van der Waals surface area contributed by atoms with E-state index >= 15 is 0 Å². The third-order valence-electron chi connectivity index (χ3n) is 6.74. The van der Waals surface area contributed by atoms with Gasteiger partial charge in [0.2, 0.25) is 17.7 Å². The molecule has 10 heteroatoms. The van der Waals surface area contributed by atoms with Gasteiger partial charge in [0.25, 0.3) is 0 Å². The molecule has 1 heterocycles. The number of amides is 3. The first-order chi connectivity index (χ1) is 18.3. The van der Waals surface area contributed by atoms with Crippen LogP contribution in [0.15, 0.2) is 47.5 Å². The molecule has 0 radical (unpaired) electrons. The molecule has 1 saturated heterocycles. The fourth-order valence-corrected chi connectivity index (χ4v) is 5.94. The Bertz CT molecular complexity index is 1280. The molecule has 3 N–H and O–H groups in total. The zero-order valence-corrected chi connectivity index (χ0v) is 22.4. The van der Waals surface area contributed by atoms with E-state index in [9.17, 15) is 19.2 Å². The summed E-state index contributed by atoms with van der Waals surface area (Å²) < 4.78 is 5.32. The highest BCUT2D eigenvalue weighted by atomic mass is 32.2. The maximum atomic E-state index is 12.7. The van der Waals surface area contributed by atoms with E-state index < -0.39 is 5.25 Å². The van der Waals surface area contributed by atoms with Gasteiger partial charge in [-0.25, -0.2) is 0 Å². The van der Waals surface area contributed by atoms with Crippen molar-refractivity contribution in [3.8, 4) is 11.1 Å². The van der Waals surface area contributed by atoms with Crippen LogP contribution in [0.5, 0.6) is 0 Å². The Morgan fingerprint density at radius 1 is 1.13 bits per heavy atom.